The number of anilines is 1. The van der Waals surface area contributed by atoms with Crippen LogP contribution in [-0.2, 0) is 14.4 Å². The van der Waals surface area contributed by atoms with Crippen LogP contribution >= 0.6 is 0 Å². The second kappa shape index (κ2) is 8.59. The molecule has 0 bridgehead atoms. The molecular weight excluding hydrogens is 379 g/mol. The summed E-state index contributed by atoms with van der Waals surface area (Å²) >= 11 is 0. The van der Waals surface area contributed by atoms with E-state index in [4.69, 9.17) is 0 Å². The first-order valence-corrected chi connectivity index (χ1v) is 9.74. The van der Waals surface area contributed by atoms with E-state index < -0.39 is 35.7 Å². The number of imide groups is 1. The number of likely N-dealkylation sites (N-methyl/N-ethyl adjacent to an activating group) is 1. The normalized spacial score (nSPS) is 18.3. The number of hydrogen-bond donors (Lipinski definition) is 2. The summed E-state index contributed by atoms with van der Waals surface area (Å²) in [4.78, 5) is 51.9. The fourth-order valence-electron chi connectivity index (χ4n) is 3.78. The highest BCUT2D eigenvalue weighted by Crippen LogP contribution is 2.32. The Morgan fingerprint density at radius 2 is 1.76 bits per heavy atom. The molecule has 2 aliphatic rings. The summed E-state index contributed by atoms with van der Waals surface area (Å²) in [6, 6.07) is 4.69. The lowest BCUT2D eigenvalue weighted by Crippen LogP contribution is -2.47. The summed E-state index contributed by atoms with van der Waals surface area (Å²) < 4.78 is 12.9. The molecule has 2 N–H and O–H groups in total. The fraction of sp³-hybridized carbons (Fsp3) is 0.500. The highest BCUT2D eigenvalue weighted by Gasteiger charge is 2.51. The van der Waals surface area contributed by atoms with E-state index in [9.17, 15) is 23.6 Å². The van der Waals surface area contributed by atoms with E-state index >= 15 is 0 Å². The molecule has 5 amide bonds. The van der Waals surface area contributed by atoms with Crippen LogP contribution in [0.15, 0.2) is 24.3 Å². The van der Waals surface area contributed by atoms with Gasteiger partial charge in [-0.1, -0.05) is 25.7 Å². The predicted molar refractivity (Wildman–Crippen MR) is 103 cm³/mol. The van der Waals surface area contributed by atoms with Crippen LogP contribution in [-0.4, -0.2) is 59.2 Å². The molecule has 0 unspecified atom stereocenters. The molecule has 0 atom stereocenters. The van der Waals surface area contributed by atoms with Crippen molar-refractivity contribution >= 4 is 29.4 Å². The molecule has 1 saturated heterocycles. The molecule has 8 nitrogen and oxygen atoms in total. The summed E-state index contributed by atoms with van der Waals surface area (Å²) in [6.07, 6.45) is 4.93. The van der Waals surface area contributed by atoms with Crippen molar-refractivity contribution in [2.45, 2.75) is 44.1 Å². The average Bonchev–Trinajstić information content (AvgIpc) is 2.84. The van der Waals surface area contributed by atoms with Crippen LogP contribution in [0, 0.1) is 5.82 Å². The minimum Gasteiger partial charge on any atom is -0.335 e. The van der Waals surface area contributed by atoms with Crippen molar-refractivity contribution < 1.29 is 23.6 Å². The second-order valence-corrected chi connectivity index (χ2v) is 7.62. The van der Waals surface area contributed by atoms with Crippen molar-refractivity contribution in [1.82, 2.24) is 15.1 Å². The maximum absolute atomic E-state index is 12.9. The lowest BCUT2D eigenvalue weighted by atomic mass is 9.90. The fourth-order valence-corrected chi connectivity index (χ4v) is 3.78. The third-order valence-electron chi connectivity index (χ3n) is 5.43. The van der Waals surface area contributed by atoms with E-state index in [-0.39, 0.29) is 12.5 Å². The summed E-state index contributed by atoms with van der Waals surface area (Å²) in [7, 11) is 1.42. The van der Waals surface area contributed by atoms with Crippen molar-refractivity contribution in [1.29, 1.82) is 0 Å². The largest absolute Gasteiger partial charge is 0.335 e. The van der Waals surface area contributed by atoms with Crippen molar-refractivity contribution in [2.75, 3.05) is 25.5 Å². The predicted octanol–water partition coefficient (Wildman–Crippen LogP) is 1.87. The van der Waals surface area contributed by atoms with Crippen LogP contribution in [0.4, 0.5) is 14.9 Å². The molecular formula is C20H25FN4O4. The van der Waals surface area contributed by atoms with Gasteiger partial charge in [-0.3, -0.25) is 19.3 Å². The van der Waals surface area contributed by atoms with Gasteiger partial charge in [0.2, 0.25) is 11.8 Å². The van der Waals surface area contributed by atoms with Gasteiger partial charge in [0, 0.05) is 12.7 Å². The molecule has 156 valence electrons. The second-order valence-electron chi connectivity index (χ2n) is 7.62. The zero-order chi connectivity index (χ0) is 21.0. The Morgan fingerprint density at radius 3 is 2.38 bits per heavy atom. The zero-order valence-electron chi connectivity index (χ0n) is 16.4. The Bertz CT molecular complexity index is 803. The molecule has 1 aliphatic heterocycles. The summed E-state index contributed by atoms with van der Waals surface area (Å²) in [5.41, 5.74) is -0.492. The number of hydrogen-bond acceptors (Lipinski definition) is 4. The zero-order valence-corrected chi connectivity index (χ0v) is 16.4. The molecule has 9 heteroatoms. The van der Waals surface area contributed by atoms with Crippen molar-refractivity contribution in [3.05, 3.63) is 30.1 Å². The maximum atomic E-state index is 12.9. The number of carbonyl (C=O) groups is 4. The highest BCUT2D eigenvalue weighted by atomic mass is 19.1. The Kier molecular flexibility index (Phi) is 6.14. The third kappa shape index (κ3) is 4.72. The minimum absolute atomic E-state index is 0.259. The molecule has 1 saturated carbocycles. The number of rotatable bonds is 5. The van der Waals surface area contributed by atoms with Crippen LogP contribution in [0.1, 0.15) is 38.5 Å². The van der Waals surface area contributed by atoms with Crippen molar-refractivity contribution in [3.8, 4) is 0 Å². The van der Waals surface area contributed by atoms with Crippen LogP contribution in [0.2, 0.25) is 0 Å². The van der Waals surface area contributed by atoms with Crippen LogP contribution in [0.5, 0.6) is 0 Å². The Morgan fingerprint density at radius 1 is 1.14 bits per heavy atom. The highest BCUT2D eigenvalue weighted by molar-refractivity contribution is 6.09. The van der Waals surface area contributed by atoms with Crippen molar-refractivity contribution in [3.63, 3.8) is 0 Å². The van der Waals surface area contributed by atoms with E-state index in [1.165, 1.54) is 31.3 Å². The maximum Gasteiger partial charge on any atom is 0.325 e. The Labute approximate surface area is 168 Å². The topological polar surface area (TPSA) is 98.8 Å². The standard InChI is InChI=1S/C20H25FN4O4/c1-24(12-16(26)22-15-8-6-14(21)7-9-15)17(27)13-25-18(28)20(23-19(25)29)10-4-2-3-5-11-20/h6-9H,2-5,10-13H2,1H3,(H,22,26)(H,23,29). The molecule has 1 aromatic rings. The summed E-state index contributed by atoms with van der Waals surface area (Å²) in [5.74, 6) is -1.77. The first kappa shape index (κ1) is 20.8. The van der Waals surface area contributed by atoms with Crippen LogP contribution < -0.4 is 10.6 Å². The molecule has 29 heavy (non-hydrogen) atoms. The number of nitrogens with zero attached hydrogens (tertiary/aromatic N) is 2. The smallest absolute Gasteiger partial charge is 0.325 e. The molecule has 1 heterocycles. The van der Waals surface area contributed by atoms with Gasteiger partial charge in [0.15, 0.2) is 0 Å². The third-order valence-corrected chi connectivity index (χ3v) is 5.43. The number of nitrogens with one attached hydrogen (secondary N) is 2. The van der Waals surface area contributed by atoms with E-state index in [2.05, 4.69) is 10.6 Å². The molecule has 2 fully saturated rings. The van der Waals surface area contributed by atoms with E-state index in [0.29, 0.717) is 18.5 Å². The number of amides is 5. The minimum atomic E-state index is -0.896. The van der Waals surface area contributed by atoms with E-state index in [1.54, 1.807) is 0 Å². The summed E-state index contributed by atoms with van der Waals surface area (Å²) in [6.45, 7) is -0.669. The molecule has 0 aromatic heterocycles. The summed E-state index contributed by atoms with van der Waals surface area (Å²) in [5, 5.41) is 5.35. The number of benzene rings is 1. The van der Waals surface area contributed by atoms with Gasteiger partial charge in [-0.15, -0.1) is 0 Å². The molecule has 0 radical (unpaired) electrons. The Balaban J connectivity index is 1.56. The van der Waals surface area contributed by atoms with Gasteiger partial charge in [0.25, 0.3) is 5.91 Å². The van der Waals surface area contributed by atoms with E-state index in [1.807, 2.05) is 0 Å². The van der Waals surface area contributed by atoms with Gasteiger partial charge >= 0.3 is 6.03 Å². The lowest BCUT2D eigenvalue weighted by Gasteiger charge is -2.25. The number of urea groups is 1. The molecule has 3 rings (SSSR count). The van der Waals surface area contributed by atoms with Gasteiger partial charge in [-0.25, -0.2) is 9.18 Å². The molecule has 1 aromatic carbocycles. The average molecular weight is 404 g/mol. The number of halogens is 1. The number of carbonyl (C=O) groups excluding carboxylic acids is 4. The Hall–Kier alpha value is -2.97. The quantitative estimate of drug-likeness (QED) is 0.732. The van der Waals surface area contributed by atoms with E-state index in [0.717, 1.165) is 35.5 Å². The molecule has 1 spiro atoms. The van der Waals surface area contributed by atoms with Gasteiger partial charge < -0.3 is 15.5 Å². The van der Waals surface area contributed by atoms with Gasteiger partial charge in [-0.2, -0.15) is 0 Å². The van der Waals surface area contributed by atoms with Crippen molar-refractivity contribution in [2.24, 2.45) is 0 Å². The van der Waals surface area contributed by atoms with Gasteiger partial charge in [0.1, 0.15) is 17.9 Å². The van der Waals surface area contributed by atoms with Crippen LogP contribution in [0.25, 0.3) is 0 Å². The van der Waals surface area contributed by atoms with Gasteiger partial charge in [-0.05, 0) is 37.1 Å². The van der Waals surface area contributed by atoms with Crippen LogP contribution in [0.3, 0.4) is 0 Å². The monoisotopic (exact) mass is 404 g/mol. The molecule has 1 aliphatic carbocycles. The SMILES string of the molecule is CN(CC(=O)Nc1ccc(F)cc1)C(=O)CN1C(=O)NC2(CCCCCC2)C1=O. The lowest BCUT2D eigenvalue weighted by molar-refractivity contribution is -0.139. The first-order chi connectivity index (χ1) is 13.8. The van der Waals surface area contributed by atoms with Gasteiger partial charge in [0.05, 0.1) is 6.54 Å². The first-order valence-electron chi connectivity index (χ1n) is 9.74.